The second-order valence-electron chi connectivity index (χ2n) is 4.46. The maximum absolute atomic E-state index is 11.9. The second-order valence-corrected chi connectivity index (χ2v) is 6.30. The van der Waals surface area contributed by atoms with Gasteiger partial charge >= 0.3 is 5.97 Å². The lowest BCUT2D eigenvalue weighted by Gasteiger charge is -2.12. The number of thioether (sulfide) groups is 1. The Hall–Kier alpha value is -2.00. The van der Waals surface area contributed by atoms with Crippen LogP contribution in [0.15, 0.2) is 21.5 Å². The number of hydrogen-bond donors (Lipinski definition) is 1. The van der Waals surface area contributed by atoms with E-state index in [1.165, 1.54) is 14.2 Å². The third-order valence-corrected chi connectivity index (χ3v) is 4.43. The molecule has 7 nitrogen and oxygen atoms in total. The van der Waals surface area contributed by atoms with Crippen molar-refractivity contribution in [3.8, 4) is 11.5 Å². The fourth-order valence-electron chi connectivity index (χ4n) is 1.79. The first-order valence-electron chi connectivity index (χ1n) is 6.27. The van der Waals surface area contributed by atoms with Gasteiger partial charge in [-0.05, 0) is 51.5 Å². The van der Waals surface area contributed by atoms with Gasteiger partial charge < -0.3 is 14.6 Å². The van der Waals surface area contributed by atoms with Gasteiger partial charge in [0.25, 0.3) is 11.1 Å². The van der Waals surface area contributed by atoms with Crippen LogP contribution in [0.4, 0.5) is 4.79 Å². The highest BCUT2D eigenvalue weighted by atomic mass is 79.9. The van der Waals surface area contributed by atoms with Gasteiger partial charge in [0, 0.05) is 7.05 Å². The molecule has 0 aliphatic carbocycles. The molecule has 23 heavy (non-hydrogen) atoms. The summed E-state index contributed by atoms with van der Waals surface area (Å²) in [5.74, 6) is -0.931. The second kappa shape index (κ2) is 7.05. The number of carboxylic acids is 1. The summed E-state index contributed by atoms with van der Waals surface area (Å²) < 4.78 is 10.8. The van der Waals surface area contributed by atoms with Crippen LogP contribution < -0.4 is 9.47 Å². The SMILES string of the molecule is COc1cc(C=C2SC(=O)N(C)C2=O)cc(Br)c1OCC(=O)O. The predicted octanol–water partition coefficient (Wildman–Crippen LogP) is 2.59. The van der Waals surface area contributed by atoms with E-state index < -0.39 is 12.6 Å². The van der Waals surface area contributed by atoms with Gasteiger partial charge in [0.1, 0.15) is 0 Å². The zero-order valence-electron chi connectivity index (χ0n) is 12.2. The van der Waals surface area contributed by atoms with E-state index >= 15 is 0 Å². The van der Waals surface area contributed by atoms with Gasteiger partial charge in [0.2, 0.25) is 0 Å². The highest BCUT2D eigenvalue weighted by Gasteiger charge is 2.31. The first-order chi connectivity index (χ1) is 10.8. The molecule has 122 valence electrons. The highest BCUT2D eigenvalue weighted by molar-refractivity contribution is 9.10. The van der Waals surface area contributed by atoms with Crippen molar-refractivity contribution in [2.75, 3.05) is 20.8 Å². The van der Waals surface area contributed by atoms with Crippen molar-refractivity contribution >= 4 is 50.9 Å². The fraction of sp³-hybridized carbons (Fsp3) is 0.214. The van der Waals surface area contributed by atoms with Crippen LogP contribution in [-0.4, -0.2) is 47.9 Å². The lowest BCUT2D eigenvalue weighted by Crippen LogP contribution is -2.22. The summed E-state index contributed by atoms with van der Waals surface area (Å²) >= 11 is 4.13. The molecular formula is C14H12BrNO6S. The van der Waals surface area contributed by atoms with Crippen molar-refractivity contribution in [3.63, 3.8) is 0 Å². The van der Waals surface area contributed by atoms with Gasteiger partial charge in [-0.1, -0.05) is 0 Å². The normalized spacial score (nSPS) is 16.1. The Kier molecular flexibility index (Phi) is 5.32. The van der Waals surface area contributed by atoms with Gasteiger partial charge in [-0.15, -0.1) is 0 Å². The van der Waals surface area contributed by atoms with E-state index in [1.807, 2.05) is 0 Å². The third-order valence-electron chi connectivity index (χ3n) is 2.88. The molecule has 0 atom stereocenters. The van der Waals surface area contributed by atoms with Crippen LogP contribution in [0, 0.1) is 0 Å². The van der Waals surface area contributed by atoms with Crippen molar-refractivity contribution in [2.45, 2.75) is 0 Å². The van der Waals surface area contributed by atoms with Gasteiger partial charge in [-0.2, -0.15) is 0 Å². The van der Waals surface area contributed by atoms with Crippen LogP contribution in [0.25, 0.3) is 6.08 Å². The van der Waals surface area contributed by atoms with Crippen LogP contribution in [0.5, 0.6) is 11.5 Å². The molecular weight excluding hydrogens is 390 g/mol. The number of aliphatic carboxylic acids is 1. The van der Waals surface area contributed by atoms with Gasteiger partial charge in [-0.3, -0.25) is 14.5 Å². The number of nitrogens with zero attached hydrogens (tertiary/aromatic N) is 1. The van der Waals surface area contributed by atoms with Crippen molar-refractivity contribution in [3.05, 3.63) is 27.1 Å². The first-order valence-corrected chi connectivity index (χ1v) is 7.88. The minimum Gasteiger partial charge on any atom is -0.493 e. The van der Waals surface area contributed by atoms with Crippen LogP contribution >= 0.6 is 27.7 Å². The topological polar surface area (TPSA) is 93.1 Å². The number of ether oxygens (including phenoxy) is 2. The largest absolute Gasteiger partial charge is 0.493 e. The van der Waals surface area contributed by atoms with Crippen LogP contribution in [0.2, 0.25) is 0 Å². The summed E-state index contributed by atoms with van der Waals surface area (Å²) in [4.78, 5) is 35.3. The summed E-state index contributed by atoms with van der Waals surface area (Å²) in [7, 11) is 2.83. The molecule has 0 radical (unpaired) electrons. The molecule has 0 aromatic heterocycles. The molecule has 1 aliphatic heterocycles. The van der Waals surface area contributed by atoms with E-state index in [0.29, 0.717) is 20.7 Å². The van der Waals surface area contributed by atoms with E-state index in [1.54, 1.807) is 18.2 Å². The summed E-state index contributed by atoms with van der Waals surface area (Å²) in [5.41, 5.74) is 0.607. The average Bonchev–Trinajstić information content (AvgIpc) is 2.72. The molecule has 2 rings (SSSR count). The average molecular weight is 402 g/mol. The van der Waals surface area contributed by atoms with Crippen LogP contribution in [-0.2, 0) is 9.59 Å². The number of carbonyl (C=O) groups excluding carboxylic acids is 2. The molecule has 9 heteroatoms. The molecule has 0 unspecified atom stereocenters. The number of hydrogen-bond acceptors (Lipinski definition) is 6. The Morgan fingerprint density at radius 3 is 2.65 bits per heavy atom. The summed E-state index contributed by atoms with van der Waals surface area (Å²) in [6, 6.07) is 3.23. The standard InChI is InChI=1S/C14H12BrNO6S/c1-16-13(19)10(23-14(16)20)5-7-3-8(15)12(9(4-7)21-2)22-6-11(17)18/h3-5H,6H2,1-2H3,(H,17,18). The number of benzene rings is 1. The van der Waals surface area contributed by atoms with E-state index in [0.717, 1.165) is 16.7 Å². The van der Waals surface area contributed by atoms with Gasteiger partial charge in [0.05, 0.1) is 16.5 Å². The number of halogens is 1. The van der Waals surface area contributed by atoms with E-state index in [-0.39, 0.29) is 16.9 Å². The minimum absolute atomic E-state index is 0.246. The molecule has 1 fully saturated rings. The predicted molar refractivity (Wildman–Crippen MR) is 87.6 cm³/mol. The Balaban J connectivity index is 2.35. The van der Waals surface area contributed by atoms with Crippen LogP contribution in [0.3, 0.4) is 0 Å². The van der Waals surface area contributed by atoms with Crippen molar-refractivity contribution in [1.82, 2.24) is 4.90 Å². The first kappa shape index (κ1) is 17.4. The van der Waals surface area contributed by atoms with E-state index in [2.05, 4.69) is 15.9 Å². The molecule has 2 amide bonds. The zero-order chi connectivity index (χ0) is 17.1. The summed E-state index contributed by atoms with van der Waals surface area (Å²) in [6.07, 6.45) is 1.56. The monoisotopic (exact) mass is 401 g/mol. The van der Waals surface area contributed by atoms with Gasteiger partial charge in [-0.25, -0.2) is 4.79 Å². The van der Waals surface area contributed by atoms with Crippen molar-refractivity contribution < 1.29 is 29.0 Å². The van der Waals surface area contributed by atoms with Crippen molar-refractivity contribution in [2.24, 2.45) is 0 Å². The molecule has 1 aromatic carbocycles. The zero-order valence-corrected chi connectivity index (χ0v) is 14.6. The molecule has 1 saturated heterocycles. The molecule has 0 saturated carbocycles. The summed E-state index contributed by atoms with van der Waals surface area (Å²) in [5, 5.41) is 8.35. The molecule has 1 aromatic rings. The Bertz CT molecular complexity index is 717. The Morgan fingerprint density at radius 1 is 1.43 bits per heavy atom. The maximum atomic E-state index is 11.9. The number of likely N-dealkylation sites (N-methyl/N-ethyl adjacent to an activating group) is 1. The number of amides is 2. The number of imide groups is 1. The number of methoxy groups -OCH3 is 1. The fourth-order valence-corrected chi connectivity index (χ4v) is 3.20. The summed E-state index contributed by atoms with van der Waals surface area (Å²) in [6.45, 7) is -0.511. The minimum atomic E-state index is -1.11. The number of carboxylic acid groups (broad SMARTS) is 1. The molecule has 1 aliphatic rings. The highest BCUT2D eigenvalue weighted by Crippen LogP contribution is 2.38. The molecule has 0 spiro atoms. The molecule has 1 heterocycles. The van der Waals surface area contributed by atoms with E-state index in [9.17, 15) is 14.4 Å². The molecule has 1 N–H and O–H groups in total. The quantitative estimate of drug-likeness (QED) is 0.757. The smallest absolute Gasteiger partial charge is 0.341 e. The number of carbonyl (C=O) groups is 3. The van der Waals surface area contributed by atoms with Crippen LogP contribution in [0.1, 0.15) is 5.56 Å². The Morgan fingerprint density at radius 2 is 2.13 bits per heavy atom. The van der Waals surface area contributed by atoms with Crippen molar-refractivity contribution in [1.29, 1.82) is 0 Å². The van der Waals surface area contributed by atoms with E-state index in [4.69, 9.17) is 14.6 Å². The maximum Gasteiger partial charge on any atom is 0.341 e. The molecule has 0 bridgehead atoms. The van der Waals surface area contributed by atoms with Gasteiger partial charge in [0.15, 0.2) is 18.1 Å². The lowest BCUT2D eigenvalue weighted by atomic mass is 10.2. The Labute approximate surface area is 144 Å². The number of rotatable bonds is 5. The third kappa shape index (κ3) is 3.85. The lowest BCUT2D eigenvalue weighted by molar-refractivity contribution is -0.139.